The van der Waals surface area contributed by atoms with Crippen LogP contribution in [-0.4, -0.2) is 27.0 Å². The number of aromatic nitrogens is 4. The standard InChI is InChI=1S/C18H15F4N5O2/c1-28-12-4-2-3-11(7-12)10-29-17-25-8-13(19)16(27-17)24-9-15-23-6-5-14(26-15)18(20,21)22/h2-8H,9-10H2,1H3,(H,24,25,27). The van der Waals surface area contributed by atoms with Gasteiger partial charge in [-0.1, -0.05) is 12.1 Å². The fraction of sp³-hybridized carbons (Fsp3) is 0.222. The summed E-state index contributed by atoms with van der Waals surface area (Å²) < 4.78 is 62.6. The van der Waals surface area contributed by atoms with Gasteiger partial charge in [-0.25, -0.2) is 19.3 Å². The predicted molar refractivity (Wildman–Crippen MR) is 93.7 cm³/mol. The Bertz CT molecular complexity index is 984. The van der Waals surface area contributed by atoms with Crippen molar-refractivity contribution >= 4 is 5.82 Å². The van der Waals surface area contributed by atoms with Crippen molar-refractivity contribution < 1.29 is 27.0 Å². The van der Waals surface area contributed by atoms with Gasteiger partial charge in [0.1, 0.15) is 23.9 Å². The molecule has 0 unspecified atom stereocenters. The highest BCUT2D eigenvalue weighted by Gasteiger charge is 2.32. The van der Waals surface area contributed by atoms with Crippen molar-refractivity contribution in [2.75, 3.05) is 12.4 Å². The minimum atomic E-state index is -4.60. The van der Waals surface area contributed by atoms with Crippen LogP contribution >= 0.6 is 0 Å². The fourth-order valence-electron chi connectivity index (χ4n) is 2.26. The van der Waals surface area contributed by atoms with Gasteiger partial charge in [-0.2, -0.15) is 18.2 Å². The molecule has 11 heteroatoms. The van der Waals surface area contributed by atoms with Gasteiger partial charge in [-0.05, 0) is 23.8 Å². The Hall–Kier alpha value is -3.50. The molecule has 1 N–H and O–H groups in total. The molecular formula is C18H15F4N5O2. The first-order valence-corrected chi connectivity index (χ1v) is 8.26. The Balaban J connectivity index is 1.66. The van der Waals surface area contributed by atoms with Gasteiger partial charge >= 0.3 is 12.2 Å². The molecule has 0 fully saturated rings. The molecule has 29 heavy (non-hydrogen) atoms. The summed E-state index contributed by atoms with van der Waals surface area (Å²) in [5.41, 5.74) is -0.307. The van der Waals surface area contributed by atoms with E-state index >= 15 is 0 Å². The maximum atomic E-state index is 13.9. The van der Waals surface area contributed by atoms with Crippen molar-refractivity contribution in [3.8, 4) is 11.8 Å². The molecule has 0 saturated carbocycles. The number of ether oxygens (including phenoxy) is 2. The third kappa shape index (κ3) is 5.50. The molecule has 0 radical (unpaired) electrons. The highest BCUT2D eigenvalue weighted by atomic mass is 19.4. The number of anilines is 1. The summed E-state index contributed by atoms with van der Waals surface area (Å²) in [6, 6.07) is 7.76. The second-order valence-electron chi connectivity index (χ2n) is 5.70. The Kier molecular flexibility index (Phi) is 6.05. The van der Waals surface area contributed by atoms with Crippen LogP contribution in [0.3, 0.4) is 0 Å². The van der Waals surface area contributed by atoms with Crippen LogP contribution in [0.5, 0.6) is 11.8 Å². The number of rotatable bonds is 7. The van der Waals surface area contributed by atoms with Crippen molar-refractivity contribution in [3.05, 3.63) is 65.6 Å². The van der Waals surface area contributed by atoms with E-state index in [4.69, 9.17) is 9.47 Å². The van der Waals surface area contributed by atoms with Gasteiger partial charge in [0.05, 0.1) is 19.9 Å². The van der Waals surface area contributed by atoms with Crippen molar-refractivity contribution in [1.82, 2.24) is 19.9 Å². The average molecular weight is 409 g/mol. The van der Waals surface area contributed by atoms with Gasteiger partial charge in [-0.15, -0.1) is 0 Å². The molecule has 0 aliphatic rings. The summed E-state index contributed by atoms with van der Waals surface area (Å²) in [6.07, 6.45) is -2.73. The normalized spacial score (nSPS) is 11.2. The van der Waals surface area contributed by atoms with Crippen molar-refractivity contribution in [3.63, 3.8) is 0 Å². The van der Waals surface area contributed by atoms with E-state index in [9.17, 15) is 17.6 Å². The van der Waals surface area contributed by atoms with E-state index in [0.29, 0.717) is 5.75 Å². The molecule has 0 aliphatic carbocycles. The van der Waals surface area contributed by atoms with Crippen LogP contribution in [0.1, 0.15) is 17.1 Å². The maximum absolute atomic E-state index is 13.9. The quantitative estimate of drug-likeness (QED) is 0.597. The van der Waals surface area contributed by atoms with E-state index in [-0.39, 0.29) is 30.8 Å². The van der Waals surface area contributed by atoms with Gasteiger partial charge in [0.15, 0.2) is 11.6 Å². The largest absolute Gasteiger partial charge is 0.497 e. The van der Waals surface area contributed by atoms with Gasteiger partial charge in [0.2, 0.25) is 0 Å². The zero-order valence-corrected chi connectivity index (χ0v) is 15.1. The van der Waals surface area contributed by atoms with E-state index < -0.39 is 17.7 Å². The van der Waals surface area contributed by atoms with Gasteiger partial charge in [0.25, 0.3) is 0 Å². The summed E-state index contributed by atoms with van der Waals surface area (Å²) in [7, 11) is 1.54. The van der Waals surface area contributed by atoms with Crippen LogP contribution in [0.25, 0.3) is 0 Å². The Morgan fingerprint density at radius 2 is 1.93 bits per heavy atom. The molecule has 0 saturated heterocycles. The molecule has 0 atom stereocenters. The third-order valence-corrected chi connectivity index (χ3v) is 3.63. The number of nitrogens with zero attached hydrogens (tertiary/aromatic N) is 4. The lowest BCUT2D eigenvalue weighted by Crippen LogP contribution is -2.13. The van der Waals surface area contributed by atoms with Crippen LogP contribution < -0.4 is 14.8 Å². The molecule has 0 aliphatic heterocycles. The Labute approximate surface area is 162 Å². The number of alkyl halides is 3. The van der Waals surface area contributed by atoms with Gasteiger partial charge in [0, 0.05) is 6.20 Å². The number of halogens is 4. The molecular weight excluding hydrogens is 394 g/mol. The summed E-state index contributed by atoms with van der Waals surface area (Å²) in [5.74, 6) is -0.571. The number of methoxy groups -OCH3 is 1. The molecule has 0 spiro atoms. The van der Waals surface area contributed by atoms with Gasteiger partial charge < -0.3 is 14.8 Å². The molecule has 7 nitrogen and oxygen atoms in total. The predicted octanol–water partition coefficient (Wildman–Crippen LogP) is 3.62. The fourth-order valence-corrected chi connectivity index (χ4v) is 2.26. The maximum Gasteiger partial charge on any atom is 0.433 e. The lowest BCUT2D eigenvalue weighted by atomic mass is 10.2. The highest BCUT2D eigenvalue weighted by molar-refractivity contribution is 5.36. The summed E-state index contributed by atoms with van der Waals surface area (Å²) >= 11 is 0. The molecule has 2 heterocycles. The van der Waals surface area contributed by atoms with Crippen molar-refractivity contribution in [1.29, 1.82) is 0 Å². The topological polar surface area (TPSA) is 82.0 Å². The highest BCUT2D eigenvalue weighted by Crippen LogP contribution is 2.27. The smallest absolute Gasteiger partial charge is 0.433 e. The van der Waals surface area contributed by atoms with Crippen molar-refractivity contribution in [2.45, 2.75) is 19.3 Å². The number of benzene rings is 1. The first kappa shape index (κ1) is 20.2. The van der Waals surface area contributed by atoms with Gasteiger partial charge in [-0.3, -0.25) is 0 Å². The van der Waals surface area contributed by atoms with Crippen LogP contribution in [0.15, 0.2) is 42.7 Å². The minimum absolute atomic E-state index is 0.110. The monoisotopic (exact) mass is 409 g/mol. The van der Waals surface area contributed by atoms with Crippen LogP contribution in [-0.2, 0) is 19.3 Å². The molecule has 1 aromatic carbocycles. The average Bonchev–Trinajstić information content (AvgIpc) is 2.72. The lowest BCUT2D eigenvalue weighted by molar-refractivity contribution is -0.141. The molecule has 2 aromatic heterocycles. The summed E-state index contributed by atoms with van der Waals surface area (Å²) in [4.78, 5) is 14.8. The summed E-state index contributed by atoms with van der Waals surface area (Å²) in [5, 5.41) is 2.55. The van der Waals surface area contributed by atoms with Crippen molar-refractivity contribution in [2.24, 2.45) is 0 Å². The SMILES string of the molecule is COc1cccc(COc2ncc(F)c(NCc3nccc(C(F)(F)F)n3)n2)c1. The van der Waals surface area contributed by atoms with E-state index in [1.165, 1.54) is 7.11 Å². The molecule has 0 amide bonds. The zero-order chi connectivity index (χ0) is 20.9. The van der Waals surface area contributed by atoms with Crippen LogP contribution in [0, 0.1) is 5.82 Å². The minimum Gasteiger partial charge on any atom is -0.497 e. The molecule has 0 bridgehead atoms. The zero-order valence-electron chi connectivity index (χ0n) is 15.1. The Morgan fingerprint density at radius 1 is 1.10 bits per heavy atom. The number of hydrogen-bond donors (Lipinski definition) is 1. The van der Waals surface area contributed by atoms with E-state index in [2.05, 4.69) is 25.3 Å². The Morgan fingerprint density at radius 3 is 2.69 bits per heavy atom. The van der Waals surface area contributed by atoms with Crippen LogP contribution in [0.2, 0.25) is 0 Å². The first-order chi connectivity index (χ1) is 13.8. The lowest BCUT2D eigenvalue weighted by Gasteiger charge is -2.10. The second-order valence-corrected chi connectivity index (χ2v) is 5.70. The van der Waals surface area contributed by atoms with E-state index in [0.717, 1.165) is 24.0 Å². The van der Waals surface area contributed by atoms with Crippen LogP contribution in [0.4, 0.5) is 23.4 Å². The molecule has 3 aromatic rings. The first-order valence-electron chi connectivity index (χ1n) is 8.26. The third-order valence-electron chi connectivity index (χ3n) is 3.63. The number of hydrogen-bond acceptors (Lipinski definition) is 7. The molecule has 152 valence electrons. The molecule has 3 rings (SSSR count). The van der Waals surface area contributed by atoms with E-state index in [1.807, 2.05) is 0 Å². The van der Waals surface area contributed by atoms with E-state index in [1.54, 1.807) is 24.3 Å². The second kappa shape index (κ2) is 8.67. The number of nitrogens with one attached hydrogen (secondary N) is 1. The summed E-state index contributed by atoms with van der Waals surface area (Å²) in [6.45, 7) is -0.161.